The Balaban J connectivity index is 1.93. The number of nitrogens with one attached hydrogen (secondary N) is 2. The topological polar surface area (TPSA) is 36.8 Å². The third kappa shape index (κ3) is 3.85. The number of hydrogen-bond acceptors (Lipinski definition) is 2. The minimum atomic E-state index is -0.172. The van der Waals surface area contributed by atoms with Gasteiger partial charge in [0.2, 0.25) is 5.91 Å². The molecule has 0 saturated carbocycles. The highest BCUT2D eigenvalue weighted by molar-refractivity contribution is 6.29. The number of anilines is 2. The molecular weight excluding hydrogens is 262 g/mol. The van der Waals surface area contributed by atoms with Gasteiger partial charge in [0.15, 0.2) is 0 Å². The van der Waals surface area contributed by atoms with Crippen molar-refractivity contribution in [2.45, 2.75) is 6.92 Å². The van der Waals surface area contributed by atoms with Crippen LogP contribution in [0.5, 0.6) is 0 Å². The zero-order valence-electron chi connectivity index (χ0n) is 11.3. The number of rotatable bonds is 4. The predicted octanol–water partition coefficient (Wildman–Crippen LogP) is 0.589. The molecular formula is C14H21ClN3O+. The van der Waals surface area contributed by atoms with Crippen molar-refractivity contribution in [3.8, 4) is 0 Å². The first-order valence-corrected chi connectivity index (χ1v) is 7.30. The van der Waals surface area contributed by atoms with E-state index in [-0.39, 0.29) is 11.8 Å². The van der Waals surface area contributed by atoms with Crippen molar-refractivity contribution in [3.63, 3.8) is 0 Å². The number of carbonyl (C=O) groups is 1. The molecule has 1 heterocycles. The smallest absolute Gasteiger partial charge is 0.239 e. The van der Waals surface area contributed by atoms with Gasteiger partial charge in [-0.1, -0.05) is 0 Å². The lowest BCUT2D eigenvalue weighted by Gasteiger charge is -2.33. The van der Waals surface area contributed by atoms with Crippen LogP contribution in [0.2, 0.25) is 0 Å². The molecule has 2 rings (SSSR count). The van der Waals surface area contributed by atoms with E-state index in [9.17, 15) is 4.79 Å². The van der Waals surface area contributed by atoms with Gasteiger partial charge in [0.1, 0.15) is 5.88 Å². The summed E-state index contributed by atoms with van der Waals surface area (Å²) in [5.41, 5.74) is 2.02. The fourth-order valence-corrected chi connectivity index (χ4v) is 2.45. The zero-order valence-corrected chi connectivity index (χ0v) is 12.0. The normalized spacial score (nSPS) is 16.4. The van der Waals surface area contributed by atoms with E-state index < -0.39 is 0 Å². The van der Waals surface area contributed by atoms with Crippen LogP contribution in [0.25, 0.3) is 0 Å². The molecule has 1 aromatic rings. The van der Waals surface area contributed by atoms with Gasteiger partial charge in [-0.25, -0.2) is 0 Å². The van der Waals surface area contributed by atoms with Crippen molar-refractivity contribution < 1.29 is 9.69 Å². The summed E-state index contributed by atoms with van der Waals surface area (Å²) in [5, 5.41) is 2.74. The fourth-order valence-electron chi connectivity index (χ4n) is 2.38. The van der Waals surface area contributed by atoms with E-state index in [2.05, 4.69) is 29.3 Å². The lowest BCUT2D eigenvalue weighted by Crippen LogP contribution is -3.14. The Bertz CT molecular complexity index is 413. The number of amides is 1. The molecule has 19 heavy (non-hydrogen) atoms. The van der Waals surface area contributed by atoms with E-state index in [1.54, 1.807) is 4.90 Å². The van der Waals surface area contributed by atoms with Crippen LogP contribution in [0.3, 0.4) is 0 Å². The second kappa shape index (κ2) is 6.78. The molecule has 0 unspecified atom stereocenters. The standard InChI is InChI=1S/C14H20ClN3O/c1-2-17-7-9-18(10-8-17)13-5-3-12(4-6-13)16-14(19)11-15/h3-6H,2,7-11H2,1H3,(H,16,19)/p+1. The van der Waals surface area contributed by atoms with Crippen molar-refractivity contribution in [3.05, 3.63) is 24.3 Å². The first-order valence-electron chi connectivity index (χ1n) is 6.77. The van der Waals surface area contributed by atoms with Gasteiger partial charge in [-0.2, -0.15) is 0 Å². The molecule has 1 fully saturated rings. The lowest BCUT2D eigenvalue weighted by atomic mass is 10.2. The van der Waals surface area contributed by atoms with Crippen LogP contribution >= 0.6 is 11.6 Å². The molecule has 1 aliphatic heterocycles. The number of piperazine rings is 1. The molecule has 1 saturated heterocycles. The van der Waals surface area contributed by atoms with Crippen LogP contribution in [0.15, 0.2) is 24.3 Å². The lowest BCUT2D eigenvalue weighted by molar-refractivity contribution is -0.898. The van der Waals surface area contributed by atoms with Crippen LogP contribution in [0, 0.1) is 0 Å². The summed E-state index contributed by atoms with van der Waals surface area (Å²) in [5.74, 6) is -0.182. The van der Waals surface area contributed by atoms with Crippen LogP contribution in [-0.2, 0) is 4.79 Å². The fraction of sp³-hybridized carbons (Fsp3) is 0.500. The van der Waals surface area contributed by atoms with Crippen LogP contribution in [0.4, 0.5) is 11.4 Å². The van der Waals surface area contributed by atoms with Crippen LogP contribution in [-0.4, -0.2) is 44.5 Å². The van der Waals surface area contributed by atoms with Gasteiger partial charge < -0.3 is 15.1 Å². The van der Waals surface area contributed by atoms with Crippen molar-refractivity contribution in [1.29, 1.82) is 0 Å². The average Bonchev–Trinajstić information content (AvgIpc) is 2.48. The third-order valence-electron chi connectivity index (χ3n) is 3.61. The van der Waals surface area contributed by atoms with E-state index in [1.165, 1.54) is 25.3 Å². The maximum atomic E-state index is 11.2. The molecule has 1 aromatic carbocycles. The summed E-state index contributed by atoms with van der Waals surface area (Å²) in [6.45, 7) is 8.02. The van der Waals surface area contributed by atoms with Crippen molar-refractivity contribution in [2.24, 2.45) is 0 Å². The number of quaternary nitrogens is 1. The van der Waals surface area contributed by atoms with E-state index in [4.69, 9.17) is 11.6 Å². The Kier molecular flexibility index (Phi) is 5.05. The zero-order chi connectivity index (χ0) is 13.7. The number of benzene rings is 1. The van der Waals surface area contributed by atoms with E-state index >= 15 is 0 Å². The minimum absolute atomic E-state index is 0.0104. The van der Waals surface area contributed by atoms with Crippen LogP contribution < -0.4 is 15.1 Å². The summed E-state index contributed by atoms with van der Waals surface area (Å²) in [4.78, 5) is 15.2. The molecule has 2 N–H and O–H groups in total. The SMILES string of the molecule is CC[NH+]1CCN(c2ccc(NC(=O)CCl)cc2)CC1. The van der Waals surface area contributed by atoms with Crippen LogP contribution in [0.1, 0.15) is 6.92 Å². The van der Waals surface area contributed by atoms with Gasteiger partial charge in [-0.05, 0) is 31.2 Å². The molecule has 0 atom stereocenters. The maximum absolute atomic E-state index is 11.2. The third-order valence-corrected chi connectivity index (χ3v) is 3.85. The highest BCUT2D eigenvalue weighted by atomic mass is 35.5. The molecule has 0 radical (unpaired) electrons. The predicted molar refractivity (Wildman–Crippen MR) is 79.2 cm³/mol. The Morgan fingerprint density at radius 3 is 2.47 bits per heavy atom. The van der Waals surface area contributed by atoms with Crippen molar-refractivity contribution >= 4 is 28.9 Å². The quantitative estimate of drug-likeness (QED) is 0.793. The van der Waals surface area contributed by atoms with E-state index in [0.29, 0.717) is 0 Å². The van der Waals surface area contributed by atoms with E-state index in [0.717, 1.165) is 18.8 Å². The van der Waals surface area contributed by atoms with Gasteiger partial charge >= 0.3 is 0 Å². The number of halogens is 1. The molecule has 0 bridgehead atoms. The summed E-state index contributed by atoms with van der Waals surface area (Å²) in [7, 11) is 0. The largest absolute Gasteiger partial charge is 0.360 e. The molecule has 104 valence electrons. The Morgan fingerprint density at radius 1 is 1.32 bits per heavy atom. The minimum Gasteiger partial charge on any atom is -0.360 e. The van der Waals surface area contributed by atoms with E-state index in [1.807, 2.05) is 12.1 Å². The van der Waals surface area contributed by atoms with Gasteiger partial charge in [0.05, 0.1) is 32.7 Å². The second-order valence-corrected chi connectivity index (χ2v) is 5.09. The first kappa shape index (κ1) is 14.2. The van der Waals surface area contributed by atoms with Gasteiger partial charge in [-0.3, -0.25) is 4.79 Å². The molecule has 0 aromatic heterocycles. The van der Waals surface area contributed by atoms with Crippen molar-refractivity contribution in [1.82, 2.24) is 0 Å². The summed E-state index contributed by atoms with van der Waals surface area (Å²) in [6, 6.07) is 7.97. The second-order valence-electron chi connectivity index (χ2n) is 4.82. The highest BCUT2D eigenvalue weighted by Gasteiger charge is 2.18. The summed E-state index contributed by atoms with van der Waals surface area (Å²) < 4.78 is 0. The average molecular weight is 283 g/mol. The van der Waals surface area contributed by atoms with Gasteiger partial charge in [0.25, 0.3) is 0 Å². The molecule has 0 aliphatic carbocycles. The Hall–Kier alpha value is -1.26. The maximum Gasteiger partial charge on any atom is 0.239 e. The molecule has 5 heteroatoms. The summed E-state index contributed by atoms with van der Waals surface area (Å²) >= 11 is 5.46. The van der Waals surface area contributed by atoms with Gasteiger partial charge in [-0.15, -0.1) is 11.6 Å². The summed E-state index contributed by atoms with van der Waals surface area (Å²) in [6.07, 6.45) is 0. The molecule has 1 aliphatic rings. The number of alkyl halides is 1. The molecule has 0 spiro atoms. The first-order chi connectivity index (χ1) is 9.22. The highest BCUT2D eigenvalue weighted by Crippen LogP contribution is 2.17. The molecule has 1 amide bonds. The number of nitrogens with zero attached hydrogens (tertiary/aromatic N) is 1. The number of likely N-dealkylation sites (N-methyl/N-ethyl adjacent to an activating group) is 1. The Labute approximate surface area is 119 Å². The molecule has 4 nitrogen and oxygen atoms in total. The number of carbonyl (C=O) groups excluding carboxylic acids is 1. The Morgan fingerprint density at radius 2 is 1.95 bits per heavy atom. The monoisotopic (exact) mass is 282 g/mol. The number of hydrogen-bond donors (Lipinski definition) is 2. The van der Waals surface area contributed by atoms with Crippen molar-refractivity contribution in [2.75, 3.05) is 48.8 Å². The van der Waals surface area contributed by atoms with Gasteiger partial charge in [0, 0.05) is 11.4 Å².